The number of anilines is 1. The zero-order valence-corrected chi connectivity index (χ0v) is 22.7. The predicted octanol–water partition coefficient (Wildman–Crippen LogP) is 5.60. The van der Waals surface area contributed by atoms with Gasteiger partial charge in [-0.15, -0.1) is 0 Å². The highest BCUT2D eigenvalue weighted by Gasteiger charge is 2.36. The Morgan fingerprint density at radius 1 is 0.951 bits per heavy atom. The summed E-state index contributed by atoms with van der Waals surface area (Å²) in [5.74, 6) is -1.21. The van der Waals surface area contributed by atoms with Gasteiger partial charge in [0.05, 0.1) is 27.9 Å². The molecule has 1 aliphatic rings. The first-order chi connectivity index (χ1) is 19.5. The van der Waals surface area contributed by atoms with Gasteiger partial charge in [-0.25, -0.2) is 0 Å². The number of carbonyl (C=O) groups excluding carboxylic acids is 3. The summed E-state index contributed by atoms with van der Waals surface area (Å²) in [5.41, 5.74) is 1.95. The summed E-state index contributed by atoms with van der Waals surface area (Å²) in [4.78, 5) is 59.7. The molecule has 3 aromatic rings. The number of amides is 3. The van der Waals surface area contributed by atoms with Crippen LogP contribution in [0.4, 0.5) is 21.9 Å². The smallest absolute Gasteiger partial charge is 0.318 e. The van der Waals surface area contributed by atoms with Crippen LogP contribution in [-0.2, 0) is 9.59 Å². The average molecular weight is 579 g/mol. The van der Waals surface area contributed by atoms with Gasteiger partial charge in [-0.3, -0.25) is 39.5 Å². The van der Waals surface area contributed by atoms with Crippen molar-refractivity contribution in [3.05, 3.63) is 96.4 Å². The minimum Gasteiger partial charge on any atom is -0.493 e. The number of nitro groups is 2. The first-order valence-electron chi connectivity index (χ1n) is 11.9. The van der Waals surface area contributed by atoms with Gasteiger partial charge in [0.1, 0.15) is 6.54 Å². The number of aryl methyl sites for hydroxylation is 2. The molecule has 0 bridgehead atoms. The third kappa shape index (κ3) is 6.50. The van der Waals surface area contributed by atoms with Crippen LogP contribution in [0.1, 0.15) is 16.7 Å². The third-order valence-corrected chi connectivity index (χ3v) is 6.93. The summed E-state index contributed by atoms with van der Waals surface area (Å²) in [6, 6.07) is 12.8. The van der Waals surface area contributed by atoms with Crippen LogP contribution in [0, 0.1) is 34.1 Å². The Morgan fingerprint density at radius 3 is 2.34 bits per heavy atom. The molecule has 0 saturated carbocycles. The number of non-ortho nitro benzene ring substituents is 1. The van der Waals surface area contributed by atoms with Gasteiger partial charge in [-0.1, -0.05) is 12.1 Å². The summed E-state index contributed by atoms with van der Waals surface area (Å²) in [7, 11) is 1.33. The number of benzene rings is 3. The molecular weight excluding hydrogens is 556 g/mol. The number of ether oxygens (including phenoxy) is 2. The minimum absolute atomic E-state index is 0.0673. The molecule has 1 aliphatic heterocycles. The Labute approximate surface area is 237 Å². The van der Waals surface area contributed by atoms with Crippen molar-refractivity contribution in [3.63, 3.8) is 0 Å². The number of imide groups is 1. The number of nitro benzene ring substituents is 2. The quantitative estimate of drug-likeness (QED) is 0.191. The molecule has 0 spiro atoms. The van der Waals surface area contributed by atoms with Crippen molar-refractivity contribution >= 4 is 52.0 Å². The summed E-state index contributed by atoms with van der Waals surface area (Å²) in [6.07, 6.45) is 1.44. The number of nitrogens with zero attached hydrogens (tertiary/aromatic N) is 3. The maximum absolute atomic E-state index is 12.9. The highest BCUT2D eigenvalue weighted by atomic mass is 32.2. The maximum Gasteiger partial charge on any atom is 0.318 e. The van der Waals surface area contributed by atoms with E-state index in [4.69, 9.17) is 9.47 Å². The van der Waals surface area contributed by atoms with E-state index >= 15 is 0 Å². The van der Waals surface area contributed by atoms with Crippen molar-refractivity contribution < 1.29 is 33.7 Å². The molecule has 14 heteroatoms. The summed E-state index contributed by atoms with van der Waals surface area (Å²) in [6.45, 7) is 3.38. The number of thioether (sulfide) groups is 1. The highest BCUT2D eigenvalue weighted by Crippen LogP contribution is 2.39. The Morgan fingerprint density at radius 2 is 1.68 bits per heavy atom. The minimum atomic E-state index is -0.804. The Kier molecular flexibility index (Phi) is 8.33. The molecule has 1 N–H and O–H groups in total. The fourth-order valence-corrected chi connectivity index (χ4v) is 4.61. The van der Waals surface area contributed by atoms with Crippen molar-refractivity contribution in [3.8, 4) is 17.2 Å². The molecule has 13 nitrogen and oxygen atoms in total. The monoisotopic (exact) mass is 578 g/mol. The number of carbonyl (C=O) groups is 3. The normalized spacial score (nSPS) is 13.8. The molecule has 0 radical (unpaired) electrons. The molecule has 1 fully saturated rings. The van der Waals surface area contributed by atoms with E-state index in [-0.39, 0.29) is 22.2 Å². The molecule has 0 aromatic heterocycles. The van der Waals surface area contributed by atoms with Gasteiger partial charge in [0.2, 0.25) is 11.7 Å². The van der Waals surface area contributed by atoms with Crippen LogP contribution >= 0.6 is 11.8 Å². The predicted molar refractivity (Wildman–Crippen MR) is 150 cm³/mol. The fourth-order valence-electron chi connectivity index (χ4n) is 3.78. The first-order valence-corrected chi connectivity index (χ1v) is 12.7. The molecule has 0 atom stereocenters. The lowest BCUT2D eigenvalue weighted by Gasteiger charge is -2.13. The van der Waals surface area contributed by atoms with Crippen molar-refractivity contribution in [2.24, 2.45) is 0 Å². The molecule has 210 valence electrons. The second-order valence-electron chi connectivity index (χ2n) is 8.79. The topological polar surface area (TPSA) is 171 Å². The van der Waals surface area contributed by atoms with Gasteiger partial charge in [0.15, 0.2) is 11.5 Å². The summed E-state index contributed by atoms with van der Waals surface area (Å²) >= 11 is 0.675. The van der Waals surface area contributed by atoms with Crippen molar-refractivity contribution in [1.29, 1.82) is 0 Å². The van der Waals surface area contributed by atoms with E-state index in [0.29, 0.717) is 23.0 Å². The van der Waals surface area contributed by atoms with Gasteiger partial charge in [0, 0.05) is 11.8 Å². The Balaban J connectivity index is 1.50. The van der Waals surface area contributed by atoms with E-state index in [1.807, 2.05) is 19.9 Å². The van der Waals surface area contributed by atoms with E-state index in [9.17, 15) is 34.6 Å². The second kappa shape index (κ2) is 11.9. The molecule has 1 heterocycles. The van der Waals surface area contributed by atoms with Crippen LogP contribution in [0.25, 0.3) is 6.08 Å². The van der Waals surface area contributed by atoms with Crippen LogP contribution in [0.15, 0.2) is 59.5 Å². The summed E-state index contributed by atoms with van der Waals surface area (Å²) < 4.78 is 10.9. The molecule has 0 aliphatic carbocycles. The van der Waals surface area contributed by atoms with Gasteiger partial charge in [-0.2, -0.15) is 0 Å². The largest absolute Gasteiger partial charge is 0.493 e. The Bertz CT molecular complexity index is 1640. The van der Waals surface area contributed by atoms with Crippen LogP contribution in [-0.4, -0.2) is 45.5 Å². The Hall–Kier alpha value is -5.24. The van der Waals surface area contributed by atoms with Crippen LogP contribution in [0.3, 0.4) is 0 Å². The molecule has 3 aromatic carbocycles. The number of hydrogen-bond donors (Lipinski definition) is 1. The lowest BCUT2D eigenvalue weighted by molar-refractivity contribution is -0.394. The molecule has 3 amide bonds. The lowest BCUT2D eigenvalue weighted by atomic mass is 10.1. The zero-order chi connectivity index (χ0) is 29.8. The van der Waals surface area contributed by atoms with Gasteiger partial charge >= 0.3 is 5.69 Å². The summed E-state index contributed by atoms with van der Waals surface area (Å²) in [5, 5.41) is 24.5. The number of rotatable bonds is 9. The molecular formula is C27H22N4O9S. The lowest BCUT2D eigenvalue weighted by Crippen LogP contribution is -2.36. The van der Waals surface area contributed by atoms with Gasteiger partial charge < -0.3 is 14.8 Å². The van der Waals surface area contributed by atoms with E-state index in [1.165, 1.54) is 31.4 Å². The van der Waals surface area contributed by atoms with E-state index in [1.54, 1.807) is 12.1 Å². The van der Waals surface area contributed by atoms with Gasteiger partial charge in [-0.05, 0) is 78.7 Å². The average Bonchev–Trinajstić information content (AvgIpc) is 3.18. The zero-order valence-electron chi connectivity index (χ0n) is 21.9. The van der Waals surface area contributed by atoms with E-state index < -0.39 is 44.8 Å². The van der Waals surface area contributed by atoms with Gasteiger partial charge in [0.25, 0.3) is 16.8 Å². The molecule has 41 heavy (non-hydrogen) atoms. The van der Waals surface area contributed by atoms with E-state index in [0.717, 1.165) is 34.2 Å². The first kappa shape index (κ1) is 28.8. The van der Waals surface area contributed by atoms with Crippen LogP contribution in [0.2, 0.25) is 0 Å². The fraction of sp³-hybridized carbons (Fsp3) is 0.148. The number of nitrogens with one attached hydrogen (secondary N) is 1. The second-order valence-corrected chi connectivity index (χ2v) is 9.79. The number of hydrogen-bond acceptors (Lipinski definition) is 10. The van der Waals surface area contributed by atoms with Crippen molar-refractivity contribution in [2.45, 2.75) is 13.8 Å². The van der Waals surface area contributed by atoms with Crippen molar-refractivity contribution in [1.82, 2.24) is 4.90 Å². The molecule has 4 rings (SSSR count). The standard InChI is InChI=1S/C27H22N4O9S/c1-15-4-6-18(10-16(15)2)28-25(32)14-29-26(33)24(41-27(29)34)12-17-5-8-22(23(11-17)39-3)40-21-9-7-19(30(35)36)13-20(21)31(37)38/h4-13H,14H2,1-3H3,(H,28,32)/b24-12+. The molecule has 0 unspecified atom stereocenters. The highest BCUT2D eigenvalue weighted by molar-refractivity contribution is 8.18. The molecule has 1 saturated heterocycles. The van der Waals surface area contributed by atoms with Crippen molar-refractivity contribution in [2.75, 3.05) is 19.0 Å². The number of methoxy groups -OCH3 is 1. The third-order valence-electron chi connectivity index (χ3n) is 6.02. The van der Waals surface area contributed by atoms with Crippen LogP contribution in [0.5, 0.6) is 17.2 Å². The SMILES string of the molecule is COc1cc(/C=C2/SC(=O)N(CC(=O)Nc3ccc(C)c(C)c3)C2=O)ccc1Oc1ccc([N+](=O)[O-])cc1[N+](=O)[O-]. The van der Waals surface area contributed by atoms with E-state index in [2.05, 4.69) is 5.32 Å². The maximum atomic E-state index is 12.9. The van der Waals surface area contributed by atoms with Crippen LogP contribution < -0.4 is 14.8 Å².